The third-order valence-corrected chi connectivity index (χ3v) is 0.777. The summed E-state index contributed by atoms with van der Waals surface area (Å²) in [6.45, 7) is 4.41. The molecule has 0 saturated carbocycles. The molecule has 0 N–H and O–H groups in total. The van der Waals surface area contributed by atoms with E-state index < -0.39 is 0 Å². The molecule has 1 fully saturated rings. The van der Waals surface area contributed by atoms with Crippen LogP contribution in [0.5, 0.6) is 0 Å². The summed E-state index contributed by atoms with van der Waals surface area (Å²) >= 11 is 0. The normalized spacial score (nSPS) is 21.0. The zero-order chi connectivity index (χ0) is 4.41. The first kappa shape index (κ1) is 3.72. The van der Waals surface area contributed by atoms with Crippen molar-refractivity contribution < 1.29 is 4.74 Å². The number of allylic oxidation sites excluding steroid dienone is 1. The van der Waals surface area contributed by atoms with E-state index in [9.17, 15) is 0 Å². The Labute approximate surface area is 37.6 Å². The lowest BCUT2D eigenvalue weighted by Crippen LogP contribution is -1.72. The molecule has 0 atom stereocenters. The van der Waals surface area contributed by atoms with Crippen LogP contribution in [0.1, 0.15) is 6.42 Å². The minimum atomic E-state index is 0.829. The van der Waals surface area contributed by atoms with Gasteiger partial charge in [-0.05, 0) is 6.42 Å². The fourth-order valence-corrected chi connectivity index (χ4v) is 0.469. The largest absolute Gasteiger partial charge is 0.498 e. The molecule has 1 rings (SSSR count). The molecule has 1 heterocycles. The Hall–Kier alpha value is -0.460. The van der Waals surface area contributed by atoms with Crippen molar-refractivity contribution in [1.29, 1.82) is 0 Å². The molecular weight excluding hydrogens is 76.1 g/mol. The van der Waals surface area contributed by atoms with Gasteiger partial charge in [0.15, 0.2) is 0 Å². The molecule has 1 aliphatic heterocycles. The maximum Gasteiger partial charge on any atom is 0.0927 e. The molecule has 1 aliphatic rings. The molecular formula is C5H7O. The summed E-state index contributed by atoms with van der Waals surface area (Å²) in [7, 11) is 0. The third-order valence-electron chi connectivity index (χ3n) is 0.777. The van der Waals surface area contributed by atoms with Crippen LogP contribution < -0.4 is 0 Å². The van der Waals surface area contributed by atoms with Gasteiger partial charge in [0.25, 0.3) is 0 Å². The Balaban J connectivity index is 2.37. The van der Waals surface area contributed by atoms with Crippen LogP contribution in [-0.4, -0.2) is 6.61 Å². The van der Waals surface area contributed by atoms with E-state index in [2.05, 4.69) is 6.58 Å². The zero-order valence-corrected chi connectivity index (χ0v) is 3.61. The van der Waals surface area contributed by atoms with E-state index in [0.717, 1.165) is 18.8 Å². The molecule has 0 spiro atoms. The summed E-state index contributed by atoms with van der Waals surface area (Å²) in [5, 5.41) is 0. The summed E-state index contributed by atoms with van der Waals surface area (Å²) in [4.78, 5) is 0. The Kier molecular flexibility index (Phi) is 0.825. The Morgan fingerprint density at radius 3 is 2.83 bits per heavy atom. The molecule has 1 nitrogen and oxygen atoms in total. The van der Waals surface area contributed by atoms with Gasteiger partial charge in [0.2, 0.25) is 0 Å². The topological polar surface area (TPSA) is 9.23 Å². The minimum Gasteiger partial charge on any atom is -0.498 e. The van der Waals surface area contributed by atoms with Crippen LogP contribution in [0.15, 0.2) is 12.3 Å². The fraction of sp³-hybridized carbons (Fsp3) is 0.400. The van der Waals surface area contributed by atoms with Crippen LogP contribution in [0.25, 0.3) is 0 Å². The van der Waals surface area contributed by atoms with Crippen molar-refractivity contribution in [3.05, 3.63) is 18.8 Å². The van der Waals surface area contributed by atoms with Crippen molar-refractivity contribution in [3.8, 4) is 0 Å². The van der Waals surface area contributed by atoms with Crippen molar-refractivity contribution >= 4 is 0 Å². The number of hydrogen-bond acceptors (Lipinski definition) is 1. The molecule has 0 aliphatic carbocycles. The Bertz CT molecular complexity index is 58.3. The highest BCUT2D eigenvalue weighted by molar-refractivity contribution is 5.02. The monoisotopic (exact) mass is 83.0 g/mol. The van der Waals surface area contributed by atoms with Gasteiger partial charge in [-0.15, -0.1) is 0 Å². The molecule has 1 saturated heterocycles. The van der Waals surface area contributed by atoms with Crippen molar-refractivity contribution in [1.82, 2.24) is 0 Å². The van der Waals surface area contributed by atoms with Crippen LogP contribution in [0.4, 0.5) is 0 Å². The van der Waals surface area contributed by atoms with E-state index in [1.54, 1.807) is 0 Å². The van der Waals surface area contributed by atoms with E-state index >= 15 is 0 Å². The second-order valence-corrected chi connectivity index (χ2v) is 1.31. The number of hydrogen-bond donors (Lipinski definition) is 0. The van der Waals surface area contributed by atoms with E-state index in [0.29, 0.717) is 0 Å². The predicted octanol–water partition coefficient (Wildman–Crippen LogP) is 1.12. The first-order valence-electron chi connectivity index (χ1n) is 2.04. The lowest BCUT2D eigenvalue weighted by molar-refractivity contribution is 0.267. The molecule has 6 heavy (non-hydrogen) atoms. The standard InChI is InChI=1S/C5H7O/c1-5-3-2-4-6-5/h3H,1-2,4H2. The van der Waals surface area contributed by atoms with Crippen molar-refractivity contribution in [2.45, 2.75) is 6.42 Å². The number of rotatable bonds is 0. The molecule has 0 aromatic carbocycles. The van der Waals surface area contributed by atoms with E-state index in [1.807, 2.05) is 6.42 Å². The van der Waals surface area contributed by atoms with Gasteiger partial charge in [-0.1, -0.05) is 6.58 Å². The first-order chi connectivity index (χ1) is 2.89. The third kappa shape index (κ3) is 0.534. The highest BCUT2D eigenvalue weighted by Gasteiger charge is 2.02. The average molecular weight is 83.1 g/mol. The van der Waals surface area contributed by atoms with Gasteiger partial charge < -0.3 is 4.74 Å². The van der Waals surface area contributed by atoms with Gasteiger partial charge >= 0.3 is 0 Å². The molecule has 0 bridgehead atoms. The minimum absolute atomic E-state index is 0.829. The van der Waals surface area contributed by atoms with Crippen LogP contribution in [0.2, 0.25) is 0 Å². The molecule has 0 amide bonds. The summed E-state index contributed by atoms with van der Waals surface area (Å²) in [5.74, 6) is 0.829. The van der Waals surface area contributed by atoms with E-state index in [1.165, 1.54) is 0 Å². The molecule has 0 aromatic rings. The first-order valence-corrected chi connectivity index (χ1v) is 2.04. The van der Waals surface area contributed by atoms with Crippen LogP contribution in [-0.2, 0) is 4.74 Å². The smallest absolute Gasteiger partial charge is 0.0927 e. The SMILES string of the molecule is C=C1[CH]CCO1. The maximum atomic E-state index is 4.90. The Morgan fingerprint density at radius 1 is 1.83 bits per heavy atom. The predicted molar refractivity (Wildman–Crippen MR) is 24.0 cm³/mol. The zero-order valence-electron chi connectivity index (χ0n) is 3.61. The van der Waals surface area contributed by atoms with E-state index in [-0.39, 0.29) is 0 Å². The highest BCUT2D eigenvalue weighted by Crippen LogP contribution is 2.10. The van der Waals surface area contributed by atoms with Gasteiger partial charge in [-0.2, -0.15) is 0 Å². The maximum absolute atomic E-state index is 4.90. The molecule has 33 valence electrons. The van der Waals surface area contributed by atoms with Gasteiger partial charge in [-0.3, -0.25) is 0 Å². The lowest BCUT2D eigenvalue weighted by Gasteiger charge is -1.87. The second-order valence-electron chi connectivity index (χ2n) is 1.31. The van der Waals surface area contributed by atoms with Gasteiger partial charge in [0.1, 0.15) is 0 Å². The summed E-state index contributed by atoms with van der Waals surface area (Å²) < 4.78 is 4.90. The van der Waals surface area contributed by atoms with E-state index in [4.69, 9.17) is 4.74 Å². The van der Waals surface area contributed by atoms with Crippen LogP contribution in [0, 0.1) is 6.42 Å². The van der Waals surface area contributed by atoms with Crippen molar-refractivity contribution in [2.24, 2.45) is 0 Å². The average Bonchev–Trinajstić information content (AvgIpc) is 1.86. The Morgan fingerprint density at radius 2 is 2.67 bits per heavy atom. The molecule has 0 aromatic heterocycles. The van der Waals surface area contributed by atoms with Gasteiger partial charge in [0.05, 0.1) is 12.4 Å². The van der Waals surface area contributed by atoms with Crippen LogP contribution >= 0.6 is 0 Å². The second kappa shape index (κ2) is 1.33. The van der Waals surface area contributed by atoms with Crippen LogP contribution in [0.3, 0.4) is 0 Å². The summed E-state index contributed by atoms with van der Waals surface area (Å²) in [5.41, 5.74) is 0. The summed E-state index contributed by atoms with van der Waals surface area (Å²) in [6, 6.07) is 0. The van der Waals surface area contributed by atoms with Gasteiger partial charge in [0, 0.05) is 6.42 Å². The van der Waals surface area contributed by atoms with Gasteiger partial charge in [-0.25, -0.2) is 0 Å². The highest BCUT2D eigenvalue weighted by atomic mass is 16.5. The molecule has 1 radical (unpaired) electrons. The summed E-state index contributed by atoms with van der Waals surface area (Å²) in [6.07, 6.45) is 3.03. The molecule has 1 heteroatoms. The molecule has 0 unspecified atom stereocenters. The lowest BCUT2D eigenvalue weighted by atomic mass is 10.3. The van der Waals surface area contributed by atoms with Crippen molar-refractivity contribution in [3.63, 3.8) is 0 Å². The fourth-order valence-electron chi connectivity index (χ4n) is 0.469. The van der Waals surface area contributed by atoms with Crippen molar-refractivity contribution in [2.75, 3.05) is 6.61 Å². The quantitative estimate of drug-likeness (QED) is 0.426. The number of ether oxygens (including phenoxy) is 1.